The van der Waals surface area contributed by atoms with Crippen LogP contribution in [-0.4, -0.2) is 118 Å². The Bertz CT molecular complexity index is 2820. The van der Waals surface area contributed by atoms with Crippen LogP contribution in [0.1, 0.15) is 0 Å². The van der Waals surface area contributed by atoms with E-state index in [1.807, 2.05) is 166 Å². The molecule has 0 radical (unpaired) electrons. The van der Waals surface area contributed by atoms with E-state index in [-0.39, 0.29) is 11.3 Å². The van der Waals surface area contributed by atoms with Crippen molar-refractivity contribution < 1.29 is 9.53 Å². The van der Waals surface area contributed by atoms with Gasteiger partial charge in [0.05, 0.1) is 36.1 Å². The first-order valence-corrected chi connectivity index (χ1v) is 22.1. The Labute approximate surface area is 407 Å². The fourth-order valence-electron chi connectivity index (χ4n) is 5.69. The lowest BCUT2D eigenvalue weighted by atomic mass is 10.3. The summed E-state index contributed by atoms with van der Waals surface area (Å²) in [7, 11) is 0. The number of imidazole rings is 2. The van der Waals surface area contributed by atoms with Crippen LogP contribution in [0.15, 0.2) is 236 Å². The molecule has 0 amide bonds. The Morgan fingerprint density at radius 2 is 1.32 bits per heavy atom. The van der Waals surface area contributed by atoms with Crippen LogP contribution in [0.5, 0.6) is 0 Å². The number of carbonyl (C=O) groups excluding carboxylic acids is 1. The summed E-state index contributed by atoms with van der Waals surface area (Å²) in [6, 6.07) is 42.1. The van der Waals surface area contributed by atoms with Gasteiger partial charge in [-0.1, -0.05) is 42.5 Å². The van der Waals surface area contributed by atoms with Gasteiger partial charge in [-0.15, -0.1) is 10.2 Å². The van der Waals surface area contributed by atoms with Crippen molar-refractivity contribution in [3.05, 3.63) is 237 Å². The van der Waals surface area contributed by atoms with Crippen molar-refractivity contribution >= 4 is 45.5 Å². The van der Waals surface area contributed by atoms with Crippen molar-refractivity contribution in [2.75, 3.05) is 32.8 Å². The lowest BCUT2D eigenvalue weighted by Crippen LogP contribution is -2.30. The van der Waals surface area contributed by atoms with Gasteiger partial charge in [0.1, 0.15) is 24.8 Å². The van der Waals surface area contributed by atoms with Crippen LogP contribution in [0.25, 0.3) is 33.5 Å². The highest BCUT2D eigenvalue weighted by atomic mass is 16.5. The number of nitrogens with zero attached hydrogens (tertiary/aromatic N) is 14. The van der Waals surface area contributed by atoms with Gasteiger partial charge in [-0.2, -0.15) is 15.3 Å². The minimum atomic E-state index is -0.164. The molecule has 0 bridgehead atoms. The van der Waals surface area contributed by atoms with Gasteiger partial charge in [0.15, 0.2) is 17.1 Å². The smallest absolute Gasteiger partial charge is 0.264 e. The summed E-state index contributed by atoms with van der Waals surface area (Å²) < 4.78 is 12.4. The third kappa shape index (κ3) is 19.2. The molecule has 11 aromatic heterocycles. The van der Waals surface area contributed by atoms with Crippen LogP contribution >= 0.6 is 0 Å². The lowest BCUT2D eigenvalue weighted by molar-refractivity contribution is -0.113. The van der Waals surface area contributed by atoms with Gasteiger partial charge in [-0.05, 0) is 97.1 Å². The number of rotatable bonds is 0. The summed E-state index contributed by atoms with van der Waals surface area (Å²) in [5, 5.41) is 24.3. The lowest BCUT2D eigenvalue weighted by Gasteiger charge is -2.10. The molecule has 1 saturated heterocycles. The Kier molecular flexibility index (Phi) is 21.9. The number of pyridine rings is 5. The van der Waals surface area contributed by atoms with E-state index in [1.165, 1.54) is 24.7 Å². The quantitative estimate of drug-likeness (QED) is 0.151. The highest BCUT2D eigenvalue weighted by Gasteiger charge is 1.94. The van der Waals surface area contributed by atoms with Gasteiger partial charge in [0, 0.05) is 87.3 Å². The largest absolute Gasteiger partial charge is 0.379 e. The first-order chi connectivity index (χ1) is 35.1. The van der Waals surface area contributed by atoms with Crippen molar-refractivity contribution in [1.29, 1.82) is 0 Å². The number of H-pyrrole nitrogens is 2. The molecule has 2 aliphatic heterocycles. The predicted molar refractivity (Wildman–Crippen MR) is 273 cm³/mol. The number of hydrogen-bond acceptors (Lipinski definition) is 14. The van der Waals surface area contributed by atoms with Crippen molar-refractivity contribution in [2.45, 2.75) is 0 Å². The summed E-state index contributed by atoms with van der Waals surface area (Å²) in [6.45, 7) is 4.16. The van der Waals surface area contributed by atoms with Crippen LogP contribution in [0.4, 0.5) is 0 Å². The van der Waals surface area contributed by atoms with Crippen LogP contribution in [-0.2, 0) is 9.53 Å². The number of nitrogens with one attached hydrogen (secondary N) is 3. The standard InChI is InChI=1S/3C7H6N2.2C6H5N3.C5H5NO.C5H5N.C4H4N2O.C4H9NO/c1-2-6-9-7(3-1)4-5-8-9;1-2-5-9-6-4-8-7(9)3-1;1-2-4-7-6(3-1)8-5-9-7;1-2-4-9-5-7-8-6(9)3-1;1-2-4-9-6(3-1)7-5-8-9;7-5-2-1-3-6-4-5;1-2-4-6-5-3-1;7-4-2-1-3-5-6-4;1-3-6-4-2-5-1/h2*1-6H;1-5H,(H,8,9);2*1-5H;1-3H,4H2;1-5H;1-3H,(H,6,7);5H,1-4H2. The number of aliphatic imine (C=N–C) groups is 1. The second kappa shape index (κ2) is 30.6. The number of aromatic nitrogens is 15. The number of morpholine rings is 1. The van der Waals surface area contributed by atoms with E-state index >= 15 is 0 Å². The van der Waals surface area contributed by atoms with E-state index in [1.54, 1.807) is 60.3 Å². The molecule has 1 aromatic carbocycles. The molecular weight excluding hydrogens is 899 g/mol. The number of ether oxygens (including phenoxy) is 1. The molecule has 0 spiro atoms. The molecule has 20 nitrogen and oxygen atoms in total. The Hall–Kier alpha value is -9.66. The van der Waals surface area contributed by atoms with Crippen LogP contribution < -0.4 is 10.9 Å². The summed E-state index contributed by atoms with van der Waals surface area (Å²) in [5.41, 5.74) is 5.86. The average Bonchev–Trinajstić information content (AvgIpc) is 4.32. The number of para-hydroxylation sites is 2. The number of allylic oxidation sites excluding steroid dienone is 1. The molecular formula is C51H51N17O3. The Morgan fingerprint density at radius 1 is 0.577 bits per heavy atom. The number of benzene rings is 1. The number of hydrogen-bond donors (Lipinski definition) is 3. The van der Waals surface area contributed by atoms with Crippen molar-refractivity contribution in [2.24, 2.45) is 4.99 Å². The molecule has 1 fully saturated rings. The fourth-order valence-corrected chi connectivity index (χ4v) is 5.69. The summed E-state index contributed by atoms with van der Waals surface area (Å²) >= 11 is 0. The van der Waals surface area contributed by atoms with Crippen molar-refractivity contribution in [3.8, 4) is 0 Å². The maximum Gasteiger partial charge on any atom is 0.264 e. The number of carbonyl (C=O) groups is 1. The minimum absolute atomic E-state index is 0.0856. The summed E-state index contributed by atoms with van der Waals surface area (Å²) in [4.78, 5) is 43.0. The van der Waals surface area contributed by atoms with Gasteiger partial charge in [0.2, 0.25) is 0 Å². The fraction of sp³-hybridized carbons (Fsp3) is 0.0980. The van der Waals surface area contributed by atoms with Crippen LogP contribution in [0, 0.1) is 0 Å². The topological polar surface area (TPSA) is 233 Å². The zero-order valence-corrected chi connectivity index (χ0v) is 38.5. The molecule has 14 rings (SSSR count). The molecule has 0 aliphatic carbocycles. The van der Waals surface area contributed by atoms with Gasteiger partial charge in [-0.3, -0.25) is 24.0 Å². The monoisotopic (exact) mass is 949 g/mol. The zero-order valence-electron chi connectivity index (χ0n) is 38.5. The number of dihydropyridines is 1. The molecule has 2 aliphatic rings. The zero-order chi connectivity index (χ0) is 49.2. The maximum atomic E-state index is 10.3. The number of ketones is 1. The summed E-state index contributed by atoms with van der Waals surface area (Å²) in [6.07, 6.45) is 27.9. The van der Waals surface area contributed by atoms with E-state index in [9.17, 15) is 9.59 Å². The Morgan fingerprint density at radius 3 is 1.92 bits per heavy atom. The van der Waals surface area contributed by atoms with E-state index < -0.39 is 0 Å². The molecule has 0 atom stereocenters. The second-order valence-electron chi connectivity index (χ2n) is 14.1. The molecule has 13 heterocycles. The van der Waals surface area contributed by atoms with Crippen molar-refractivity contribution in [3.63, 3.8) is 0 Å². The van der Waals surface area contributed by atoms with E-state index in [2.05, 4.69) is 65.8 Å². The van der Waals surface area contributed by atoms with Gasteiger partial charge >= 0.3 is 0 Å². The highest BCUT2D eigenvalue weighted by Crippen LogP contribution is 2.05. The second-order valence-corrected chi connectivity index (χ2v) is 14.1. The number of fused-ring (bicyclic) bond motifs is 5. The normalized spacial score (nSPS) is 11.8. The third-order valence-corrected chi connectivity index (χ3v) is 9.04. The first-order valence-electron chi connectivity index (χ1n) is 22.1. The Balaban J connectivity index is 0.000000131. The molecule has 0 unspecified atom stereocenters. The van der Waals surface area contributed by atoms with Gasteiger partial charge in [-0.25, -0.2) is 29.1 Å². The SMILES string of the molecule is C1COCCN1.O=C1C=CC=NC1.O=c1cccn[nH]1.c1ccc2[nH]cnc2c1.c1ccn2ccnc2c1.c1ccn2cnnc2c1.c1ccn2nccc2c1.c1ccn2ncnc2c1.c1ccncc1. The van der Waals surface area contributed by atoms with Crippen LogP contribution in [0.3, 0.4) is 0 Å². The average molecular weight is 950 g/mol. The van der Waals surface area contributed by atoms with E-state index in [4.69, 9.17) is 4.74 Å². The molecule has 358 valence electrons. The molecule has 20 heteroatoms. The molecule has 71 heavy (non-hydrogen) atoms. The van der Waals surface area contributed by atoms with E-state index in [0.717, 1.165) is 59.8 Å². The van der Waals surface area contributed by atoms with Crippen LogP contribution in [0.2, 0.25) is 0 Å². The van der Waals surface area contributed by atoms with Crippen molar-refractivity contribution in [1.82, 2.24) is 78.7 Å². The first kappa shape index (κ1) is 50.7. The molecule has 3 N–H and O–H groups in total. The van der Waals surface area contributed by atoms with Gasteiger partial charge < -0.3 is 19.4 Å². The van der Waals surface area contributed by atoms with Gasteiger partial charge in [0.25, 0.3) is 5.56 Å². The molecule has 0 saturated carbocycles. The minimum Gasteiger partial charge on any atom is -0.379 e. The molecule has 12 aromatic rings. The third-order valence-electron chi connectivity index (χ3n) is 9.04. The predicted octanol–water partition coefficient (Wildman–Crippen LogP) is 6.34. The maximum absolute atomic E-state index is 10.3. The number of aromatic amines is 2. The summed E-state index contributed by atoms with van der Waals surface area (Å²) in [5.74, 6) is 0.0856. The highest BCUT2D eigenvalue weighted by molar-refractivity contribution is 5.98. The van der Waals surface area contributed by atoms with E-state index in [0.29, 0.717) is 6.54 Å².